The number of hydrogen-bond donors (Lipinski definition) is 1. The quantitative estimate of drug-likeness (QED) is 0.536. The zero-order valence-corrected chi connectivity index (χ0v) is 19.6. The van der Waals surface area contributed by atoms with Crippen LogP contribution in [0.25, 0.3) is 0 Å². The van der Waals surface area contributed by atoms with Crippen LogP contribution in [0.4, 0.5) is 11.5 Å². The van der Waals surface area contributed by atoms with Gasteiger partial charge in [0.2, 0.25) is 10.0 Å². The lowest BCUT2D eigenvalue weighted by Gasteiger charge is -2.36. The van der Waals surface area contributed by atoms with Crippen molar-refractivity contribution in [3.8, 4) is 5.75 Å². The highest BCUT2D eigenvalue weighted by molar-refractivity contribution is 7.92. The Morgan fingerprint density at radius 2 is 1.62 bits per heavy atom. The lowest BCUT2D eigenvalue weighted by atomic mass is 10.2. The van der Waals surface area contributed by atoms with E-state index in [9.17, 15) is 18.0 Å². The minimum absolute atomic E-state index is 0.285. The van der Waals surface area contributed by atoms with Gasteiger partial charge in [0, 0.05) is 52.0 Å². The number of benzene rings is 1. The number of sulfonamides is 1. The van der Waals surface area contributed by atoms with Crippen molar-refractivity contribution < 1.29 is 13.2 Å². The third-order valence-corrected chi connectivity index (χ3v) is 6.10. The largest absolute Gasteiger partial charge is 0.494 e. The number of hydrogen-bond acceptors (Lipinski definition) is 7. The van der Waals surface area contributed by atoms with Gasteiger partial charge in [0.1, 0.15) is 11.6 Å². The van der Waals surface area contributed by atoms with Crippen LogP contribution in [0, 0.1) is 0 Å². The van der Waals surface area contributed by atoms with Crippen LogP contribution >= 0.6 is 0 Å². The highest BCUT2D eigenvalue weighted by Crippen LogP contribution is 2.17. The molecule has 0 unspecified atom stereocenters. The van der Waals surface area contributed by atoms with Crippen molar-refractivity contribution in [1.82, 2.24) is 14.0 Å². The molecule has 1 saturated heterocycles. The number of anilines is 2. The number of piperazine rings is 1. The fraction of sp³-hybridized carbons (Fsp3) is 0.524. The lowest BCUT2D eigenvalue weighted by Crippen LogP contribution is -2.49. The first-order chi connectivity index (χ1) is 15.1. The second-order valence-electron chi connectivity index (χ2n) is 8.02. The molecule has 1 N–H and O–H groups in total. The van der Waals surface area contributed by atoms with Gasteiger partial charge < -0.3 is 9.64 Å². The van der Waals surface area contributed by atoms with Crippen LogP contribution in [0.1, 0.15) is 12.8 Å². The Morgan fingerprint density at radius 1 is 0.969 bits per heavy atom. The normalized spacial score (nSPS) is 15.0. The van der Waals surface area contributed by atoms with Gasteiger partial charge in [0.15, 0.2) is 0 Å². The highest BCUT2D eigenvalue weighted by atomic mass is 32.2. The summed E-state index contributed by atoms with van der Waals surface area (Å²) < 4.78 is 33.2. The molecule has 0 spiro atoms. The number of unbranched alkanes of at least 4 members (excludes halogenated alkanes) is 1. The summed E-state index contributed by atoms with van der Waals surface area (Å²) in [5, 5.41) is 0. The van der Waals surface area contributed by atoms with Crippen LogP contribution in [-0.2, 0) is 24.1 Å². The summed E-state index contributed by atoms with van der Waals surface area (Å²) in [5.41, 5.74) is -0.0852. The van der Waals surface area contributed by atoms with Crippen molar-refractivity contribution in [3.05, 3.63) is 51.2 Å². The number of nitrogens with zero attached hydrogens (tertiary/aromatic N) is 4. The maximum absolute atomic E-state index is 12.1. The van der Waals surface area contributed by atoms with Crippen molar-refractivity contribution >= 4 is 21.5 Å². The molecule has 1 aromatic carbocycles. The van der Waals surface area contributed by atoms with Crippen LogP contribution in [-0.4, -0.2) is 68.0 Å². The molecular formula is C21H31N5O5S. The lowest BCUT2D eigenvalue weighted by molar-refractivity contribution is 0.237. The van der Waals surface area contributed by atoms with E-state index in [1.807, 2.05) is 0 Å². The fourth-order valence-corrected chi connectivity index (χ4v) is 4.25. The summed E-state index contributed by atoms with van der Waals surface area (Å²) in [6.45, 7) is 4.84. The summed E-state index contributed by atoms with van der Waals surface area (Å²) in [6, 6.07) is 8.37. The van der Waals surface area contributed by atoms with Crippen molar-refractivity contribution in [2.45, 2.75) is 12.8 Å². The molecule has 0 amide bonds. The van der Waals surface area contributed by atoms with Gasteiger partial charge in [-0.05, 0) is 43.7 Å². The smallest absolute Gasteiger partial charge is 0.332 e. The molecule has 0 aliphatic carbocycles. The van der Waals surface area contributed by atoms with E-state index in [1.165, 1.54) is 17.7 Å². The van der Waals surface area contributed by atoms with Crippen molar-refractivity contribution in [1.29, 1.82) is 0 Å². The van der Waals surface area contributed by atoms with Crippen molar-refractivity contribution in [2.24, 2.45) is 14.1 Å². The Labute approximate surface area is 188 Å². The Bertz CT molecular complexity index is 1130. The molecule has 11 heteroatoms. The predicted octanol–water partition coefficient (Wildman–Crippen LogP) is 0.437. The molecule has 0 radical (unpaired) electrons. The van der Waals surface area contributed by atoms with Gasteiger partial charge >= 0.3 is 5.69 Å². The van der Waals surface area contributed by atoms with Gasteiger partial charge in [-0.2, -0.15) is 0 Å². The van der Waals surface area contributed by atoms with Crippen LogP contribution in [0.5, 0.6) is 5.75 Å². The van der Waals surface area contributed by atoms with Gasteiger partial charge in [-0.1, -0.05) is 0 Å². The minimum atomic E-state index is -3.28. The molecule has 1 aliphatic heterocycles. The van der Waals surface area contributed by atoms with Crippen LogP contribution < -0.4 is 25.6 Å². The molecular weight excluding hydrogens is 434 g/mol. The van der Waals surface area contributed by atoms with Gasteiger partial charge in [-0.15, -0.1) is 0 Å². The van der Waals surface area contributed by atoms with Crippen molar-refractivity contribution in [2.75, 3.05) is 55.2 Å². The van der Waals surface area contributed by atoms with Gasteiger partial charge in [-0.3, -0.25) is 23.6 Å². The van der Waals surface area contributed by atoms with Crippen molar-refractivity contribution in [3.63, 3.8) is 0 Å². The second-order valence-corrected chi connectivity index (χ2v) is 9.77. The van der Waals surface area contributed by atoms with Gasteiger partial charge in [0.25, 0.3) is 5.56 Å². The molecule has 32 heavy (non-hydrogen) atoms. The number of rotatable bonds is 9. The number of ether oxygens (including phenoxy) is 1. The number of aromatic nitrogens is 2. The summed E-state index contributed by atoms with van der Waals surface area (Å²) in [5.74, 6) is 1.38. The molecule has 3 rings (SSSR count). The molecule has 0 bridgehead atoms. The van der Waals surface area contributed by atoms with E-state index in [4.69, 9.17) is 4.74 Å². The average Bonchev–Trinajstić information content (AvgIpc) is 2.75. The van der Waals surface area contributed by atoms with Gasteiger partial charge in [-0.25, -0.2) is 13.2 Å². The Balaban J connectivity index is 1.37. The maximum Gasteiger partial charge on any atom is 0.332 e. The monoisotopic (exact) mass is 465 g/mol. The van der Waals surface area contributed by atoms with E-state index >= 15 is 0 Å². The molecule has 1 aliphatic rings. The zero-order valence-electron chi connectivity index (χ0n) is 18.8. The van der Waals surface area contributed by atoms with E-state index in [2.05, 4.69) is 14.5 Å². The zero-order chi connectivity index (χ0) is 23.3. The third-order valence-electron chi connectivity index (χ3n) is 5.49. The van der Waals surface area contributed by atoms with E-state index in [0.29, 0.717) is 23.9 Å². The summed E-state index contributed by atoms with van der Waals surface area (Å²) in [4.78, 5) is 28.6. The molecule has 0 saturated carbocycles. The topological polar surface area (TPSA) is 106 Å². The molecule has 10 nitrogen and oxygen atoms in total. The van der Waals surface area contributed by atoms with E-state index in [0.717, 1.165) is 56.4 Å². The first-order valence-electron chi connectivity index (χ1n) is 10.6. The van der Waals surface area contributed by atoms with Crippen LogP contribution in [0.15, 0.2) is 39.9 Å². The van der Waals surface area contributed by atoms with E-state index in [1.54, 1.807) is 31.3 Å². The summed E-state index contributed by atoms with van der Waals surface area (Å²) in [6.07, 6.45) is 3.02. The Hall–Kier alpha value is -2.79. The highest BCUT2D eigenvalue weighted by Gasteiger charge is 2.20. The molecule has 2 heterocycles. The predicted molar refractivity (Wildman–Crippen MR) is 125 cm³/mol. The third kappa shape index (κ3) is 6.36. The molecule has 2 aromatic rings. The average molecular weight is 466 g/mol. The second kappa shape index (κ2) is 10.2. The Kier molecular flexibility index (Phi) is 7.62. The summed E-state index contributed by atoms with van der Waals surface area (Å²) >= 11 is 0. The van der Waals surface area contributed by atoms with Gasteiger partial charge in [0.05, 0.1) is 12.9 Å². The van der Waals surface area contributed by atoms with E-state index < -0.39 is 10.0 Å². The van der Waals surface area contributed by atoms with Crippen LogP contribution in [0.3, 0.4) is 0 Å². The standard InChI is InChI=1S/C21H31N5O5S/c1-23-19(16-20(27)24(2)21(23)28)26-13-11-25(12-14-26)10-4-5-15-31-18-8-6-17(7-9-18)22-32(3,29)30/h6-9,16,22H,4-5,10-15H2,1-3H3. The Morgan fingerprint density at radius 3 is 2.25 bits per heavy atom. The molecule has 1 aromatic heterocycles. The molecule has 176 valence electrons. The SMILES string of the molecule is Cn1c(N2CCN(CCCCOc3ccc(NS(C)(=O)=O)cc3)CC2)cc(=O)n(C)c1=O. The minimum Gasteiger partial charge on any atom is -0.494 e. The van der Waals surface area contributed by atoms with Crippen LogP contribution in [0.2, 0.25) is 0 Å². The maximum atomic E-state index is 12.1. The van der Waals surface area contributed by atoms with E-state index in [-0.39, 0.29) is 11.2 Å². The first-order valence-corrected chi connectivity index (χ1v) is 12.5. The molecule has 0 atom stereocenters. The summed E-state index contributed by atoms with van der Waals surface area (Å²) in [7, 11) is -0.0994. The fourth-order valence-electron chi connectivity index (χ4n) is 3.69. The number of nitrogens with one attached hydrogen (secondary N) is 1. The molecule has 1 fully saturated rings. The first kappa shape index (κ1) is 23.9.